The number of hydrogen-bond acceptors (Lipinski definition) is 5. The molecule has 2 aromatic carbocycles. The van der Waals surface area contributed by atoms with Gasteiger partial charge in [-0.2, -0.15) is 5.10 Å². The molecule has 0 unspecified atom stereocenters. The van der Waals surface area contributed by atoms with Gasteiger partial charge >= 0.3 is 0 Å². The molecule has 1 N–H and O–H groups in total. The van der Waals surface area contributed by atoms with E-state index in [4.69, 9.17) is 5.10 Å². The first-order valence-corrected chi connectivity index (χ1v) is 11.0. The van der Waals surface area contributed by atoms with E-state index in [0.29, 0.717) is 16.5 Å². The second-order valence-electron chi connectivity index (χ2n) is 7.50. The maximum Gasteiger partial charge on any atom is 0.234 e. The molecule has 160 valence electrons. The van der Waals surface area contributed by atoms with Crippen molar-refractivity contribution in [3.05, 3.63) is 77.9 Å². The third-order valence-electron chi connectivity index (χ3n) is 5.12. The lowest BCUT2D eigenvalue weighted by atomic mass is 10.0. The molecule has 0 aliphatic carbocycles. The lowest BCUT2D eigenvalue weighted by Gasteiger charge is -2.04. The van der Waals surface area contributed by atoms with Crippen LogP contribution in [0.25, 0.3) is 22.4 Å². The molecule has 9 heteroatoms. The van der Waals surface area contributed by atoms with Crippen molar-refractivity contribution in [3.63, 3.8) is 0 Å². The van der Waals surface area contributed by atoms with Crippen molar-refractivity contribution < 1.29 is 9.18 Å². The van der Waals surface area contributed by atoms with E-state index in [9.17, 15) is 9.18 Å². The lowest BCUT2D eigenvalue weighted by molar-refractivity contribution is -0.113. The van der Waals surface area contributed by atoms with Gasteiger partial charge in [-0.05, 0) is 55.8 Å². The average molecular weight is 447 g/mol. The first-order chi connectivity index (χ1) is 15.5. The molecule has 0 aliphatic rings. The van der Waals surface area contributed by atoms with Gasteiger partial charge in [0.05, 0.1) is 11.4 Å². The van der Waals surface area contributed by atoms with E-state index >= 15 is 0 Å². The van der Waals surface area contributed by atoms with Gasteiger partial charge in [-0.15, -0.1) is 10.2 Å². The van der Waals surface area contributed by atoms with E-state index in [1.165, 1.54) is 41.6 Å². The van der Waals surface area contributed by atoms with Crippen LogP contribution in [0.2, 0.25) is 0 Å². The summed E-state index contributed by atoms with van der Waals surface area (Å²) in [6.45, 7) is 4.13. The number of rotatable bonds is 5. The summed E-state index contributed by atoms with van der Waals surface area (Å²) >= 11 is 1.28. The fourth-order valence-corrected chi connectivity index (χ4v) is 4.21. The summed E-state index contributed by atoms with van der Waals surface area (Å²) in [7, 11) is 0. The van der Waals surface area contributed by atoms with Crippen molar-refractivity contribution in [2.45, 2.75) is 19.0 Å². The second kappa shape index (κ2) is 8.08. The van der Waals surface area contributed by atoms with Crippen molar-refractivity contribution in [2.24, 2.45) is 0 Å². The first-order valence-electron chi connectivity index (χ1n) is 9.97. The van der Waals surface area contributed by atoms with Crippen LogP contribution in [-0.2, 0) is 4.79 Å². The zero-order valence-electron chi connectivity index (χ0n) is 17.4. The van der Waals surface area contributed by atoms with Crippen LogP contribution in [-0.4, -0.2) is 35.9 Å². The molecule has 0 saturated carbocycles. The summed E-state index contributed by atoms with van der Waals surface area (Å²) in [6.07, 6.45) is 3.69. The standard InChI is InChI=1S/C23H19FN6OS/c1-14-3-4-15(2)18(11-14)19-12-20-22-26-27-23(29(22)9-10-30(20)28-19)32-13-21(31)25-17-7-5-16(24)6-8-17/h3-12H,13H2,1-2H3,(H,25,31). The van der Waals surface area contributed by atoms with Crippen molar-refractivity contribution in [2.75, 3.05) is 11.1 Å². The summed E-state index contributed by atoms with van der Waals surface area (Å²) in [4.78, 5) is 12.3. The Hall–Kier alpha value is -3.72. The molecular weight excluding hydrogens is 427 g/mol. The predicted molar refractivity (Wildman–Crippen MR) is 122 cm³/mol. The zero-order valence-corrected chi connectivity index (χ0v) is 18.2. The maximum atomic E-state index is 13.0. The highest BCUT2D eigenvalue weighted by Gasteiger charge is 2.15. The molecule has 0 bridgehead atoms. The van der Waals surface area contributed by atoms with Gasteiger partial charge in [-0.25, -0.2) is 8.91 Å². The Balaban J connectivity index is 1.39. The van der Waals surface area contributed by atoms with Gasteiger partial charge in [0.2, 0.25) is 5.91 Å². The van der Waals surface area contributed by atoms with Gasteiger partial charge in [-0.3, -0.25) is 9.20 Å². The van der Waals surface area contributed by atoms with Gasteiger partial charge in [0.15, 0.2) is 10.8 Å². The number of amides is 1. The van der Waals surface area contributed by atoms with Crippen molar-refractivity contribution in [1.82, 2.24) is 24.2 Å². The Labute approximate surface area is 187 Å². The number of halogens is 1. The summed E-state index contributed by atoms with van der Waals surface area (Å²) in [5.74, 6) is -0.406. The molecule has 5 aromatic rings. The third kappa shape index (κ3) is 3.82. The molecule has 3 aromatic heterocycles. The van der Waals surface area contributed by atoms with Crippen LogP contribution in [0.1, 0.15) is 11.1 Å². The van der Waals surface area contributed by atoms with E-state index in [0.717, 1.165) is 22.3 Å². The van der Waals surface area contributed by atoms with E-state index in [2.05, 4.69) is 47.6 Å². The number of fused-ring (bicyclic) bond motifs is 3. The number of hydrogen-bond donors (Lipinski definition) is 1. The van der Waals surface area contributed by atoms with E-state index < -0.39 is 0 Å². The number of nitrogens with one attached hydrogen (secondary N) is 1. The van der Waals surface area contributed by atoms with Crippen molar-refractivity contribution in [3.8, 4) is 11.3 Å². The van der Waals surface area contributed by atoms with Crippen LogP contribution in [0.15, 0.2) is 66.1 Å². The van der Waals surface area contributed by atoms with Gasteiger partial charge in [0.1, 0.15) is 11.3 Å². The maximum absolute atomic E-state index is 13.0. The smallest absolute Gasteiger partial charge is 0.234 e. The topological polar surface area (TPSA) is 76.6 Å². The monoisotopic (exact) mass is 446 g/mol. The quantitative estimate of drug-likeness (QED) is 0.402. The van der Waals surface area contributed by atoms with Gasteiger partial charge in [0.25, 0.3) is 0 Å². The number of benzene rings is 2. The third-order valence-corrected chi connectivity index (χ3v) is 6.06. The molecule has 0 atom stereocenters. The normalized spacial score (nSPS) is 11.3. The number of nitrogens with zero attached hydrogens (tertiary/aromatic N) is 5. The Morgan fingerprint density at radius 1 is 1.06 bits per heavy atom. The summed E-state index contributed by atoms with van der Waals surface area (Å²) in [5.41, 5.74) is 6.32. The molecule has 32 heavy (non-hydrogen) atoms. The second-order valence-corrected chi connectivity index (χ2v) is 8.44. The molecule has 7 nitrogen and oxygen atoms in total. The number of aromatic nitrogens is 5. The van der Waals surface area contributed by atoms with Crippen LogP contribution in [0.3, 0.4) is 0 Å². The lowest BCUT2D eigenvalue weighted by Crippen LogP contribution is -2.14. The van der Waals surface area contributed by atoms with Gasteiger partial charge < -0.3 is 5.32 Å². The van der Waals surface area contributed by atoms with E-state index in [1.807, 2.05) is 22.9 Å². The summed E-state index contributed by atoms with van der Waals surface area (Å²) < 4.78 is 16.6. The molecule has 0 saturated heterocycles. The number of carbonyl (C=O) groups is 1. The minimum absolute atomic E-state index is 0.149. The Bertz CT molecular complexity index is 1460. The number of anilines is 1. The SMILES string of the molecule is Cc1ccc(C)c(-c2cc3c4nnc(SCC(=O)Nc5ccc(F)cc5)n4ccn3n2)c1. The highest BCUT2D eigenvalue weighted by Crippen LogP contribution is 2.27. The minimum Gasteiger partial charge on any atom is -0.325 e. The number of carbonyl (C=O) groups excluding carboxylic acids is 1. The van der Waals surface area contributed by atoms with E-state index in [1.54, 1.807) is 4.52 Å². The molecular formula is C23H19FN6OS. The van der Waals surface area contributed by atoms with E-state index in [-0.39, 0.29) is 17.5 Å². The highest BCUT2D eigenvalue weighted by atomic mass is 32.2. The minimum atomic E-state index is -0.348. The highest BCUT2D eigenvalue weighted by molar-refractivity contribution is 7.99. The fraction of sp³-hybridized carbons (Fsp3) is 0.130. The molecule has 1 amide bonds. The summed E-state index contributed by atoms with van der Waals surface area (Å²) in [5, 5.41) is 16.6. The Morgan fingerprint density at radius 3 is 2.69 bits per heavy atom. The average Bonchev–Trinajstić information content (AvgIpc) is 3.39. The largest absolute Gasteiger partial charge is 0.325 e. The van der Waals surface area contributed by atoms with Crippen LogP contribution >= 0.6 is 11.8 Å². The Kier molecular flexibility index (Phi) is 5.10. The molecule has 3 heterocycles. The molecule has 0 fully saturated rings. The molecule has 0 aliphatic heterocycles. The fourth-order valence-electron chi connectivity index (χ4n) is 3.49. The molecule has 5 rings (SSSR count). The van der Waals surface area contributed by atoms with Crippen LogP contribution in [0.4, 0.5) is 10.1 Å². The van der Waals surface area contributed by atoms with Crippen LogP contribution in [0.5, 0.6) is 0 Å². The number of thioether (sulfide) groups is 1. The van der Waals surface area contributed by atoms with Crippen molar-refractivity contribution >= 4 is 34.5 Å². The summed E-state index contributed by atoms with van der Waals surface area (Å²) in [6, 6.07) is 14.0. The first kappa shape index (κ1) is 20.2. The molecule has 0 spiro atoms. The zero-order chi connectivity index (χ0) is 22.2. The number of aryl methyl sites for hydroxylation is 2. The van der Waals surface area contributed by atoms with Crippen LogP contribution < -0.4 is 5.32 Å². The predicted octanol–water partition coefficient (Wildman–Crippen LogP) is 4.53. The Morgan fingerprint density at radius 2 is 1.88 bits per heavy atom. The molecule has 0 radical (unpaired) electrons. The van der Waals surface area contributed by atoms with Gasteiger partial charge in [-0.1, -0.05) is 29.5 Å². The van der Waals surface area contributed by atoms with Gasteiger partial charge in [0, 0.05) is 23.6 Å². The van der Waals surface area contributed by atoms with Crippen molar-refractivity contribution in [1.29, 1.82) is 0 Å². The van der Waals surface area contributed by atoms with Crippen LogP contribution in [0, 0.1) is 19.7 Å².